The van der Waals surface area contributed by atoms with Crippen molar-refractivity contribution in [3.05, 3.63) is 95.1 Å². The van der Waals surface area contributed by atoms with Gasteiger partial charge in [0, 0.05) is 13.1 Å². The number of hydrogen-bond donors (Lipinski definition) is 4. The molecule has 4 aromatic rings. The molecule has 0 fully saturated rings. The minimum atomic E-state index is 0.937. The van der Waals surface area contributed by atoms with Crippen LogP contribution < -0.4 is 21.3 Å². The van der Waals surface area contributed by atoms with Crippen molar-refractivity contribution >= 4 is 21.5 Å². The lowest BCUT2D eigenvalue weighted by molar-refractivity contribution is 0.551. The van der Waals surface area contributed by atoms with Crippen LogP contribution in [0.15, 0.2) is 72.8 Å². The van der Waals surface area contributed by atoms with Crippen LogP contribution >= 0.6 is 0 Å². The highest BCUT2D eigenvalue weighted by Gasteiger charge is 2.02. The first kappa shape index (κ1) is 27.3. The maximum absolute atomic E-state index is 3.59. The predicted octanol–water partition coefficient (Wildman–Crippen LogP) is 5.84. The largest absolute Gasteiger partial charge is 0.317 e. The van der Waals surface area contributed by atoms with E-state index in [9.17, 15) is 0 Å². The van der Waals surface area contributed by atoms with Gasteiger partial charge in [-0.25, -0.2) is 0 Å². The standard InChI is InChI=1S/C33H44N4/c1-26-20-28(22-30-10-3-5-12-32(26)30)24-36-18-8-16-34-14-7-15-35-17-9-19-37-25-29-21-27(2)33-13-6-4-11-31(33)23-29/h3-6,10-13,20-23,34-37H,7-9,14-19,24-25H2,1-2H3. The third kappa shape index (κ3) is 8.65. The Balaban J connectivity index is 0.954. The topological polar surface area (TPSA) is 48.1 Å². The summed E-state index contributed by atoms with van der Waals surface area (Å²) in [6, 6.07) is 26.5. The molecule has 0 heterocycles. The number of aryl methyl sites for hydroxylation is 2. The molecule has 0 saturated heterocycles. The number of nitrogens with one attached hydrogen (secondary N) is 4. The third-order valence-electron chi connectivity index (χ3n) is 7.04. The van der Waals surface area contributed by atoms with E-state index in [1.807, 2.05) is 0 Å². The monoisotopic (exact) mass is 496 g/mol. The van der Waals surface area contributed by atoms with Gasteiger partial charge in [-0.2, -0.15) is 0 Å². The lowest BCUT2D eigenvalue weighted by Crippen LogP contribution is -2.26. The smallest absolute Gasteiger partial charge is 0.0205 e. The van der Waals surface area contributed by atoms with Crippen molar-refractivity contribution in [2.45, 2.75) is 46.2 Å². The molecule has 0 amide bonds. The first-order valence-corrected chi connectivity index (χ1v) is 14.0. The maximum Gasteiger partial charge on any atom is 0.0205 e. The summed E-state index contributed by atoms with van der Waals surface area (Å²) < 4.78 is 0. The zero-order chi connectivity index (χ0) is 25.7. The predicted molar refractivity (Wildman–Crippen MR) is 160 cm³/mol. The van der Waals surface area contributed by atoms with E-state index in [4.69, 9.17) is 0 Å². The molecule has 4 N–H and O–H groups in total. The highest BCUT2D eigenvalue weighted by molar-refractivity contribution is 5.87. The van der Waals surface area contributed by atoms with Crippen LogP contribution in [0.4, 0.5) is 0 Å². The highest BCUT2D eigenvalue weighted by Crippen LogP contribution is 2.21. The highest BCUT2D eigenvalue weighted by atomic mass is 14.9. The molecule has 0 radical (unpaired) electrons. The van der Waals surface area contributed by atoms with Crippen LogP contribution in [-0.4, -0.2) is 39.3 Å². The molecule has 0 bridgehead atoms. The van der Waals surface area contributed by atoms with Gasteiger partial charge in [-0.3, -0.25) is 0 Å². The normalized spacial score (nSPS) is 11.5. The Hall–Kier alpha value is -2.76. The molecule has 4 nitrogen and oxygen atoms in total. The van der Waals surface area contributed by atoms with Crippen LogP contribution in [-0.2, 0) is 13.1 Å². The lowest BCUT2D eigenvalue weighted by Gasteiger charge is -2.10. The summed E-state index contributed by atoms with van der Waals surface area (Å²) in [5.41, 5.74) is 5.46. The second kappa shape index (κ2) is 14.8. The van der Waals surface area contributed by atoms with Gasteiger partial charge in [-0.1, -0.05) is 60.7 Å². The van der Waals surface area contributed by atoms with Crippen molar-refractivity contribution in [1.29, 1.82) is 0 Å². The second-order valence-electron chi connectivity index (χ2n) is 10.2. The Bertz CT molecular complexity index is 1150. The van der Waals surface area contributed by atoms with E-state index < -0.39 is 0 Å². The Morgan fingerprint density at radius 2 is 0.838 bits per heavy atom. The van der Waals surface area contributed by atoms with Crippen LogP contribution in [0.3, 0.4) is 0 Å². The fraction of sp³-hybridized carbons (Fsp3) is 0.394. The summed E-state index contributed by atoms with van der Waals surface area (Å²) in [7, 11) is 0. The molecule has 4 heteroatoms. The van der Waals surface area contributed by atoms with Crippen molar-refractivity contribution < 1.29 is 0 Å². The molecular formula is C33H44N4. The van der Waals surface area contributed by atoms with Gasteiger partial charge in [0.25, 0.3) is 0 Å². The van der Waals surface area contributed by atoms with Gasteiger partial charge in [0.15, 0.2) is 0 Å². The Labute approximate surface area is 223 Å². The van der Waals surface area contributed by atoms with Crippen LogP contribution in [0.5, 0.6) is 0 Å². The molecule has 0 unspecified atom stereocenters. The van der Waals surface area contributed by atoms with Crippen LogP contribution in [0.2, 0.25) is 0 Å². The van der Waals surface area contributed by atoms with Gasteiger partial charge in [0.1, 0.15) is 0 Å². The molecule has 0 atom stereocenters. The van der Waals surface area contributed by atoms with Crippen LogP contribution in [0.25, 0.3) is 21.5 Å². The summed E-state index contributed by atoms with van der Waals surface area (Å²) in [5.74, 6) is 0. The number of hydrogen-bond acceptors (Lipinski definition) is 4. The third-order valence-corrected chi connectivity index (χ3v) is 7.04. The van der Waals surface area contributed by atoms with E-state index in [2.05, 4.69) is 108 Å². The second-order valence-corrected chi connectivity index (χ2v) is 10.2. The maximum atomic E-state index is 3.59. The Morgan fingerprint density at radius 3 is 1.27 bits per heavy atom. The van der Waals surface area contributed by atoms with Crippen molar-refractivity contribution in [2.24, 2.45) is 0 Å². The zero-order valence-electron chi connectivity index (χ0n) is 22.7. The van der Waals surface area contributed by atoms with Gasteiger partial charge in [0.2, 0.25) is 0 Å². The summed E-state index contributed by atoms with van der Waals surface area (Å²) in [6.45, 7) is 12.7. The average Bonchev–Trinajstić information content (AvgIpc) is 2.91. The number of benzene rings is 4. The van der Waals surface area contributed by atoms with Gasteiger partial charge >= 0.3 is 0 Å². The number of rotatable bonds is 16. The minimum absolute atomic E-state index is 0.937. The van der Waals surface area contributed by atoms with E-state index in [1.54, 1.807) is 0 Å². The van der Waals surface area contributed by atoms with Crippen molar-refractivity contribution in [3.63, 3.8) is 0 Å². The fourth-order valence-corrected chi connectivity index (χ4v) is 5.09. The van der Waals surface area contributed by atoms with Gasteiger partial charge in [-0.15, -0.1) is 0 Å². The van der Waals surface area contributed by atoms with E-state index in [0.717, 1.165) is 65.2 Å². The molecular weight excluding hydrogens is 452 g/mol. The Kier molecular flexibility index (Phi) is 10.9. The Morgan fingerprint density at radius 1 is 0.459 bits per heavy atom. The lowest BCUT2D eigenvalue weighted by atomic mass is 10.0. The zero-order valence-corrected chi connectivity index (χ0v) is 22.7. The van der Waals surface area contributed by atoms with Crippen LogP contribution in [0.1, 0.15) is 41.5 Å². The first-order chi connectivity index (χ1) is 18.2. The summed E-state index contributed by atoms with van der Waals surface area (Å²) in [5, 5.41) is 19.7. The van der Waals surface area contributed by atoms with Gasteiger partial charge in [0.05, 0.1) is 0 Å². The summed E-state index contributed by atoms with van der Waals surface area (Å²) in [4.78, 5) is 0. The quantitative estimate of drug-likeness (QED) is 0.147. The minimum Gasteiger partial charge on any atom is -0.317 e. The van der Waals surface area contributed by atoms with Gasteiger partial charge in [-0.05, 0) is 128 Å². The van der Waals surface area contributed by atoms with E-state index in [-0.39, 0.29) is 0 Å². The summed E-state index contributed by atoms with van der Waals surface area (Å²) >= 11 is 0. The van der Waals surface area contributed by atoms with E-state index >= 15 is 0 Å². The van der Waals surface area contributed by atoms with Crippen LogP contribution in [0, 0.1) is 13.8 Å². The van der Waals surface area contributed by atoms with Crippen molar-refractivity contribution in [3.8, 4) is 0 Å². The molecule has 0 aliphatic rings. The molecule has 196 valence electrons. The first-order valence-electron chi connectivity index (χ1n) is 14.0. The van der Waals surface area contributed by atoms with Crippen molar-refractivity contribution in [2.75, 3.05) is 39.3 Å². The molecule has 0 spiro atoms. The molecule has 0 aliphatic carbocycles. The average molecular weight is 497 g/mol. The molecule has 0 saturated carbocycles. The summed E-state index contributed by atoms with van der Waals surface area (Å²) in [6.07, 6.45) is 3.48. The van der Waals surface area contributed by atoms with Gasteiger partial charge < -0.3 is 21.3 Å². The SMILES string of the molecule is Cc1cc(CNCCCNCCCNCCCNCc2cc(C)c3ccccc3c2)cc2ccccc12. The molecule has 37 heavy (non-hydrogen) atoms. The fourth-order valence-electron chi connectivity index (χ4n) is 5.09. The molecule has 4 aromatic carbocycles. The molecule has 0 aliphatic heterocycles. The van der Waals surface area contributed by atoms with Crippen molar-refractivity contribution in [1.82, 2.24) is 21.3 Å². The van der Waals surface area contributed by atoms with E-state index in [1.165, 1.54) is 50.2 Å². The molecule has 0 aromatic heterocycles. The number of fused-ring (bicyclic) bond motifs is 2. The van der Waals surface area contributed by atoms with E-state index in [0.29, 0.717) is 0 Å². The molecule has 4 rings (SSSR count).